The van der Waals surface area contributed by atoms with Gasteiger partial charge in [-0.1, -0.05) is 60.7 Å². The maximum atomic E-state index is 14.3. The molecule has 0 bridgehead atoms. The highest BCUT2D eigenvalue weighted by molar-refractivity contribution is 5.15. The van der Waals surface area contributed by atoms with Crippen LogP contribution in [0.4, 0.5) is 4.39 Å². The van der Waals surface area contributed by atoms with Crippen LogP contribution < -0.4 is 0 Å². The van der Waals surface area contributed by atoms with Crippen molar-refractivity contribution in [3.8, 4) is 0 Å². The molecule has 2 aromatic rings. The monoisotopic (exact) mass is 298 g/mol. The van der Waals surface area contributed by atoms with Crippen molar-refractivity contribution in [2.24, 2.45) is 0 Å². The van der Waals surface area contributed by atoms with Crippen LogP contribution in [0.3, 0.4) is 0 Å². The highest BCUT2D eigenvalue weighted by Gasteiger charge is 2.22. The molecule has 1 heterocycles. The predicted octanol–water partition coefficient (Wildman–Crippen LogP) is 3.34. The quantitative estimate of drug-likeness (QED) is 0.854. The SMILES string of the molecule is FC1CN(Cc2ccccc2)CCN(Cc2ccccc2)C1. The Labute approximate surface area is 132 Å². The summed E-state index contributed by atoms with van der Waals surface area (Å²) in [6, 6.07) is 20.7. The van der Waals surface area contributed by atoms with Crippen LogP contribution in [-0.4, -0.2) is 42.2 Å². The van der Waals surface area contributed by atoms with E-state index in [-0.39, 0.29) is 0 Å². The molecule has 22 heavy (non-hydrogen) atoms. The molecule has 0 radical (unpaired) electrons. The van der Waals surface area contributed by atoms with Gasteiger partial charge in [-0.05, 0) is 11.1 Å². The fourth-order valence-corrected chi connectivity index (χ4v) is 3.05. The Kier molecular flexibility index (Phi) is 5.20. The Hall–Kier alpha value is -1.71. The summed E-state index contributed by atoms with van der Waals surface area (Å²) in [7, 11) is 0. The summed E-state index contributed by atoms with van der Waals surface area (Å²) in [5, 5.41) is 0. The van der Waals surface area contributed by atoms with Gasteiger partial charge in [0, 0.05) is 39.3 Å². The Balaban J connectivity index is 1.58. The van der Waals surface area contributed by atoms with E-state index in [0.29, 0.717) is 13.1 Å². The fourth-order valence-electron chi connectivity index (χ4n) is 3.05. The summed E-state index contributed by atoms with van der Waals surface area (Å²) in [4.78, 5) is 4.45. The molecular formula is C19H23FN2. The minimum absolute atomic E-state index is 0.528. The summed E-state index contributed by atoms with van der Waals surface area (Å²) in [5.41, 5.74) is 2.51. The van der Waals surface area contributed by atoms with Crippen molar-refractivity contribution in [1.29, 1.82) is 0 Å². The van der Waals surface area contributed by atoms with E-state index < -0.39 is 6.17 Å². The predicted molar refractivity (Wildman–Crippen MR) is 88.3 cm³/mol. The van der Waals surface area contributed by atoms with Crippen LogP contribution in [0.15, 0.2) is 60.7 Å². The van der Waals surface area contributed by atoms with Crippen molar-refractivity contribution < 1.29 is 4.39 Å². The van der Waals surface area contributed by atoms with Crippen molar-refractivity contribution in [3.63, 3.8) is 0 Å². The molecule has 116 valence electrons. The van der Waals surface area contributed by atoms with Crippen molar-refractivity contribution >= 4 is 0 Å². The van der Waals surface area contributed by atoms with Gasteiger partial charge in [-0.2, -0.15) is 0 Å². The number of hydrogen-bond donors (Lipinski definition) is 0. The fraction of sp³-hybridized carbons (Fsp3) is 0.368. The Morgan fingerprint density at radius 1 is 0.727 bits per heavy atom. The van der Waals surface area contributed by atoms with Gasteiger partial charge in [-0.15, -0.1) is 0 Å². The normalized spacial score (nSPS) is 18.2. The first-order chi connectivity index (χ1) is 10.8. The molecule has 0 amide bonds. The summed E-state index contributed by atoms with van der Waals surface area (Å²) in [5.74, 6) is 0. The number of nitrogens with zero attached hydrogens (tertiary/aromatic N) is 2. The topological polar surface area (TPSA) is 6.48 Å². The van der Waals surface area contributed by atoms with Gasteiger partial charge in [-0.3, -0.25) is 9.80 Å². The van der Waals surface area contributed by atoms with Crippen LogP contribution in [0.25, 0.3) is 0 Å². The van der Waals surface area contributed by atoms with Crippen LogP contribution in [0.5, 0.6) is 0 Å². The van der Waals surface area contributed by atoms with E-state index in [9.17, 15) is 4.39 Å². The van der Waals surface area contributed by atoms with Gasteiger partial charge in [0.25, 0.3) is 0 Å². The molecule has 0 aliphatic carbocycles. The maximum Gasteiger partial charge on any atom is 0.125 e. The number of alkyl halides is 1. The first kappa shape index (κ1) is 15.2. The highest BCUT2D eigenvalue weighted by atomic mass is 19.1. The number of benzene rings is 2. The van der Waals surface area contributed by atoms with E-state index >= 15 is 0 Å². The van der Waals surface area contributed by atoms with Crippen LogP contribution in [-0.2, 0) is 13.1 Å². The summed E-state index contributed by atoms with van der Waals surface area (Å²) in [6.07, 6.45) is -0.782. The zero-order valence-electron chi connectivity index (χ0n) is 12.9. The number of hydrogen-bond acceptors (Lipinski definition) is 2. The lowest BCUT2D eigenvalue weighted by molar-refractivity contribution is 0.194. The second kappa shape index (κ2) is 7.52. The minimum Gasteiger partial charge on any atom is -0.295 e. The van der Waals surface area contributed by atoms with Gasteiger partial charge in [0.15, 0.2) is 0 Å². The standard InChI is InChI=1S/C19H23FN2/c20-19-15-21(13-17-7-3-1-4-8-17)11-12-22(16-19)14-18-9-5-2-6-10-18/h1-10,19H,11-16H2. The van der Waals surface area contributed by atoms with Crippen molar-refractivity contribution in [2.45, 2.75) is 19.3 Å². The first-order valence-electron chi connectivity index (χ1n) is 7.96. The molecule has 2 aromatic carbocycles. The Morgan fingerprint density at radius 3 is 1.55 bits per heavy atom. The third-order valence-corrected chi connectivity index (χ3v) is 4.14. The van der Waals surface area contributed by atoms with E-state index in [1.165, 1.54) is 11.1 Å². The van der Waals surface area contributed by atoms with Crippen LogP contribution >= 0.6 is 0 Å². The Bertz CT molecular complexity index is 507. The van der Waals surface area contributed by atoms with Crippen LogP contribution in [0.2, 0.25) is 0 Å². The van der Waals surface area contributed by atoms with Gasteiger partial charge in [0.05, 0.1) is 0 Å². The molecule has 0 atom stereocenters. The average molecular weight is 298 g/mol. The van der Waals surface area contributed by atoms with E-state index in [4.69, 9.17) is 0 Å². The summed E-state index contributed by atoms with van der Waals surface area (Å²) < 4.78 is 14.3. The van der Waals surface area contributed by atoms with Crippen LogP contribution in [0.1, 0.15) is 11.1 Å². The van der Waals surface area contributed by atoms with Gasteiger partial charge in [0.2, 0.25) is 0 Å². The lowest BCUT2D eigenvalue weighted by Crippen LogP contribution is -2.30. The van der Waals surface area contributed by atoms with E-state index in [1.54, 1.807) is 0 Å². The number of halogens is 1. The van der Waals surface area contributed by atoms with Gasteiger partial charge < -0.3 is 0 Å². The average Bonchev–Trinajstić information content (AvgIpc) is 2.70. The first-order valence-corrected chi connectivity index (χ1v) is 7.96. The van der Waals surface area contributed by atoms with Gasteiger partial charge in [-0.25, -0.2) is 4.39 Å². The smallest absolute Gasteiger partial charge is 0.125 e. The largest absolute Gasteiger partial charge is 0.295 e. The van der Waals surface area contributed by atoms with Crippen molar-refractivity contribution in [1.82, 2.24) is 9.80 Å². The maximum absolute atomic E-state index is 14.3. The highest BCUT2D eigenvalue weighted by Crippen LogP contribution is 2.13. The molecule has 3 heteroatoms. The molecular weight excluding hydrogens is 275 g/mol. The van der Waals surface area contributed by atoms with E-state index in [1.807, 2.05) is 36.4 Å². The minimum atomic E-state index is -0.782. The molecule has 0 saturated carbocycles. The third kappa shape index (κ3) is 4.39. The molecule has 1 aliphatic heterocycles. The van der Waals surface area contributed by atoms with E-state index in [2.05, 4.69) is 34.1 Å². The van der Waals surface area contributed by atoms with Gasteiger partial charge >= 0.3 is 0 Å². The zero-order chi connectivity index (χ0) is 15.2. The molecule has 0 N–H and O–H groups in total. The van der Waals surface area contributed by atoms with E-state index in [0.717, 1.165) is 26.2 Å². The second-order valence-corrected chi connectivity index (χ2v) is 6.04. The molecule has 2 nitrogen and oxygen atoms in total. The zero-order valence-corrected chi connectivity index (χ0v) is 12.9. The Morgan fingerprint density at radius 2 is 1.14 bits per heavy atom. The molecule has 1 aliphatic rings. The van der Waals surface area contributed by atoms with Gasteiger partial charge in [0.1, 0.15) is 6.17 Å². The van der Waals surface area contributed by atoms with Crippen LogP contribution in [0, 0.1) is 0 Å². The summed E-state index contributed by atoms with van der Waals surface area (Å²) in [6.45, 7) is 4.56. The van der Waals surface area contributed by atoms with Crippen molar-refractivity contribution in [2.75, 3.05) is 26.2 Å². The lowest BCUT2D eigenvalue weighted by atomic mass is 10.2. The molecule has 0 unspecified atom stereocenters. The molecule has 0 aromatic heterocycles. The third-order valence-electron chi connectivity index (χ3n) is 4.14. The molecule has 1 saturated heterocycles. The number of rotatable bonds is 4. The van der Waals surface area contributed by atoms with Crippen molar-refractivity contribution in [3.05, 3.63) is 71.8 Å². The molecule has 3 rings (SSSR count). The summed E-state index contributed by atoms with van der Waals surface area (Å²) >= 11 is 0. The second-order valence-electron chi connectivity index (χ2n) is 6.04. The molecule has 0 spiro atoms. The molecule has 1 fully saturated rings. The lowest BCUT2D eigenvalue weighted by Gasteiger charge is -2.21.